The van der Waals surface area contributed by atoms with E-state index in [0.29, 0.717) is 0 Å². The lowest BCUT2D eigenvalue weighted by molar-refractivity contribution is 0.105. The second-order valence-electron chi connectivity index (χ2n) is 6.09. The summed E-state index contributed by atoms with van der Waals surface area (Å²) in [4.78, 5) is 0. The number of rotatable bonds is 2. The van der Waals surface area contributed by atoms with Gasteiger partial charge in [0.05, 0.1) is 6.10 Å². The normalized spacial score (nSPS) is 21.7. The maximum absolute atomic E-state index is 10.8. The van der Waals surface area contributed by atoms with Gasteiger partial charge in [-0.25, -0.2) is 0 Å². The van der Waals surface area contributed by atoms with Gasteiger partial charge >= 0.3 is 0 Å². The predicted molar refractivity (Wildman–Crippen MR) is 87.7 cm³/mol. The molecule has 0 aromatic heterocycles. The lowest BCUT2D eigenvalue weighted by Crippen LogP contribution is -2.15. The molecule has 2 aromatic carbocycles. The third-order valence-electron chi connectivity index (χ3n) is 4.53. The van der Waals surface area contributed by atoms with Crippen molar-refractivity contribution < 1.29 is 5.11 Å². The SMILES string of the molecule is Cc1ccc(CC2CCCc3ccccc3C2O)c(Cl)c1. The highest BCUT2D eigenvalue weighted by Gasteiger charge is 2.26. The van der Waals surface area contributed by atoms with Gasteiger partial charge in [0.25, 0.3) is 0 Å². The maximum atomic E-state index is 10.8. The fraction of sp³-hybridized carbons (Fsp3) is 0.368. The quantitative estimate of drug-likeness (QED) is 0.784. The number of hydrogen-bond donors (Lipinski definition) is 1. The van der Waals surface area contributed by atoms with Crippen LogP contribution < -0.4 is 0 Å². The van der Waals surface area contributed by atoms with Gasteiger partial charge in [0.2, 0.25) is 0 Å². The molecule has 3 rings (SSSR count). The monoisotopic (exact) mass is 300 g/mol. The van der Waals surface area contributed by atoms with Crippen molar-refractivity contribution in [3.63, 3.8) is 0 Å². The first-order valence-corrected chi connectivity index (χ1v) is 8.04. The number of aliphatic hydroxyl groups excluding tert-OH is 1. The highest BCUT2D eigenvalue weighted by Crippen LogP contribution is 2.36. The smallest absolute Gasteiger partial charge is 0.0824 e. The number of hydrogen-bond acceptors (Lipinski definition) is 1. The molecule has 0 saturated carbocycles. The minimum atomic E-state index is -0.388. The highest BCUT2D eigenvalue weighted by molar-refractivity contribution is 6.31. The molecular weight excluding hydrogens is 280 g/mol. The van der Waals surface area contributed by atoms with E-state index in [1.807, 2.05) is 19.1 Å². The van der Waals surface area contributed by atoms with Crippen molar-refractivity contribution in [3.05, 3.63) is 69.7 Å². The maximum Gasteiger partial charge on any atom is 0.0824 e. The molecule has 2 heteroatoms. The largest absolute Gasteiger partial charge is 0.388 e. The lowest BCUT2D eigenvalue weighted by atomic mass is 9.88. The molecule has 2 atom stereocenters. The molecule has 2 aromatic rings. The van der Waals surface area contributed by atoms with E-state index in [1.54, 1.807) is 0 Å². The van der Waals surface area contributed by atoms with Crippen LogP contribution in [0.15, 0.2) is 42.5 Å². The van der Waals surface area contributed by atoms with Gasteiger partial charge in [-0.15, -0.1) is 0 Å². The number of benzene rings is 2. The molecule has 0 aliphatic heterocycles. The lowest BCUT2D eigenvalue weighted by Gasteiger charge is -2.22. The molecule has 1 N–H and O–H groups in total. The molecule has 0 heterocycles. The van der Waals surface area contributed by atoms with Crippen LogP contribution in [0.2, 0.25) is 5.02 Å². The van der Waals surface area contributed by atoms with Gasteiger partial charge in [-0.2, -0.15) is 0 Å². The molecule has 0 bridgehead atoms. The van der Waals surface area contributed by atoms with Crippen LogP contribution in [0.3, 0.4) is 0 Å². The number of aryl methyl sites for hydroxylation is 2. The topological polar surface area (TPSA) is 20.2 Å². The predicted octanol–water partition coefficient (Wildman–Crippen LogP) is 4.88. The Balaban J connectivity index is 1.86. The summed E-state index contributed by atoms with van der Waals surface area (Å²) in [7, 11) is 0. The second-order valence-corrected chi connectivity index (χ2v) is 6.50. The summed E-state index contributed by atoms with van der Waals surface area (Å²) in [5, 5.41) is 11.6. The first kappa shape index (κ1) is 14.6. The Morgan fingerprint density at radius 1 is 1.19 bits per heavy atom. The summed E-state index contributed by atoms with van der Waals surface area (Å²) in [5.41, 5.74) is 4.71. The van der Waals surface area contributed by atoms with Crippen LogP contribution in [0.5, 0.6) is 0 Å². The molecule has 0 spiro atoms. The average molecular weight is 301 g/mol. The van der Waals surface area contributed by atoms with Crippen molar-refractivity contribution in [2.75, 3.05) is 0 Å². The van der Waals surface area contributed by atoms with Gasteiger partial charge in [-0.3, -0.25) is 0 Å². The first-order valence-electron chi connectivity index (χ1n) is 7.66. The van der Waals surface area contributed by atoms with Gasteiger partial charge in [0.1, 0.15) is 0 Å². The third kappa shape index (κ3) is 3.14. The fourth-order valence-electron chi connectivity index (χ4n) is 3.33. The van der Waals surface area contributed by atoms with E-state index >= 15 is 0 Å². The van der Waals surface area contributed by atoms with Crippen LogP contribution in [0.1, 0.15) is 41.2 Å². The van der Waals surface area contributed by atoms with E-state index in [9.17, 15) is 5.11 Å². The minimum absolute atomic E-state index is 0.244. The van der Waals surface area contributed by atoms with E-state index in [0.717, 1.165) is 41.8 Å². The first-order chi connectivity index (χ1) is 10.1. The van der Waals surface area contributed by atoms with Crippen molar-refractivity contribution in [3.8, 4) is 0 Å². The Bertz CT molecular complexity index is 635. The molecule has 0 fully saturated rings. The molecule has 21 heavy (non-hydrogen) atoms. The molecule has 1 aliphatic rings. The summed E-state index contributed by atoms with van der Waals surface area (Å²) in [6.07, 6.45) is 3.68. The Labute approximate surface area is 131 Å². The molecule has 1 aliphatic carbocycles. The summed E-state index contributed by atoms with van der Waals surface area (Å²) in [6, 6.07) is 14.5. The fourth-order valence-corrected chi connectivity index (χ4v) is 3.64. The van der Waals surface area contributed by atoms with E-state index in [4.69, 9.17) is 11.6 Å². The Kier molecular flexibility index (Phi) is 4.32. The zero-order valence-corrected chi connectivity index (χ0v) is 13.1. The Morgan fingerprint density at radius 2 is 2.00 bits per heavy atom. The summed E-state index contributed by atoms with van der Waals surface area (Å²) in [5.74, 6) is 0.244. The number of halogens is 1. The van der Waals surface area contributed by atoms with Crippen LogP contribution in [0, 0.1) is 12.8 Å². The van der Waals surface area contributed by atoms with Crippen molar-refractivity contribution >= 4 is 11.6 Å². The molecule has 0 saturated heterocycles. The molecule has 0 radical (unpaired) electrons. The molecule has 0 amide bonds. The van der Waals surface area contributed by atoms with Crippen LogP contribution in [0.4, 0.5) is 0 Å². The Morgan fingerprint density at radius 3 is 2.81 bits per heavy atom. The van der Waals surface area contributed by atoms with Gasteiger partial charge < -0.3 is 5.11 Å². The highest BCUT2D eigenvalue weighted by atomic mass is 35.5. The summed E-state index contributed by atoms with van der Waals surface area (Å²) >= 11 is 6.36. The summed E-state index contributed by atoms with van der Waals surface area (Å²) in [6.45, 7) is 2.05. The number of fused-ring (bicyclic) bond motifs is 1. The van der Waals surface area contributed by atoms with Gasteiger partial charge in [-0.05, 0) is 66.8 Å². The van der Waals surface area contributed by atoms with Gasteiger partial charge in [0, 0.05) is 5.02 Å². The zero-order chi connectivity index (χ0) is 14.8. The summed E-state index contributed by atoms with van der Waals surface area (Å²) < 4.78 is 0. The van der Waals surface area contributed by atoms with Gasteiger partial charge in [0.15, 0.2) is 0 Å². The van der Waals surface area contributed by atoms with Crippen molar-refractivity contribution in [2.45, 2.75) is 38.7 Å². The van der Waals surface area contributed by atoms with Crippen LogP contribution >= 0.6 is 11.6 Å². The molecule has 1 nitrogen and oxygen atoms in total. The van der Waals surface area contributed by atoms with E-state index in [2.05, 4.69) is 30.3 Å². The minimum Gasteiger partial charge on any atom is -0.388 e. The number of aliphatic hydroxyl groups is 1. The van der Waals surface area contributed by atoms with Crippen LogP contribution in [0.25, 0.3) is 0 Å². The standard InChI is InChI=1S/C19H21ClO/c1-13-9-10-15(18(20)11-13)12-16-7-4-6-14-5-2-3-8-17(14)19(16)21/h2-3,5,8-11,16,19,21H,4,6-7,12H2,1H3. The zero-order valence-electron chi connectivity index (χ0n) is 12.3. The molecule has 2 unspecified atom stereocenters. The van der Waals surface area contributed by atoms with E-state index in [1.165, 1.54) is 11.1 Å². The van der Waals surface area contributed by atoms with Crippen molar-refractivity contribution in [1.29, 1.82) is 0 Å². The van der Waals surface area contributed by atoms with Crippen molar-refractivity contribution in [2.24, 2.45) is 5.92 Å². The van der Waals surface area contributed by atoms with E-state index in [-0.39, 0.29) is 12.0 Å². The molecular formula is C19H21ClO. The molecule has 110 valence electrons. The van der Waals surface area contributed by atoms with Crippen LogP contribution in [-0.2, 0) is 12.8 Å². The Hall–Kier alpha value is -1.31. The third-order valence-corrected chi connectivity index (χ3v) is 4.88. The van der Waals surface area contributed by atoms with Gasteiger partial charge in [-0.1, -0.05) is 48.0 Å². The second kappa shape index (κ2) is 6.21. The van der Waals surface area contributed by atoms with Crippen LogP contribution in [-0.4, -0.2) is 5.11 Å². The van der Waals surface area contributed by atoms with E-state index < -0.39 is 0 Å². The average Bonchev–Trinajstić information content (AvgIpc) is 2.63. The van der Waals surface area contributed by atoms with Crippen molar-refractivity contribution in [1.82, 2.24) is 0 Å².